The van der Waals surface area contributed by atoms with Crippen LogP contribution in [-0.4, -0.2) is 41.9 Å². The molecule has 0 N–H and O–H groups in total. The van der Waals surface area contributed by atoms with E-state index in [1.165, 1.54) is 152 Å². The highest BCUT2D eigenvalue weighted by Crippen LogP contribution is 2.43. The number of benzene rings is 16. The smallest absolute Gasteiger partial charge is 0.0542 e. The molecule has 16 aromatic carbocycles. The lowest BCUT2D eigenvalue weighted by atomic mass is 9.86. The van der Waals surface area contributed by atoms with E-state index in [-0.39, 0.29) is 5.41 Å². The zero-order valence-electron chi connectivity index (χ0n) is 70.0. The maximum atomic E-state index is 2.40. The quantitative estimate of drug-likeness (QED) is 0.0855. The Hall–Kier alpha value is -14.1. The molecule has 0 fully saturated rings. The molecular weight excluding hydrogens is 1450 g/mol. The fourth-order valence-corrected chi connectivity index (χ4v) is 16.3. The summed E-state index contributed by atoms with van der Waals surface area (Å²) in [5.74, 6) is 0.500. The van der Waals surface area contributed by atoms with Crippen LogP contribution < -0.4 is 24.5 Å². The Morgan fingerprint density at radius 2 is 0.504 bits per heavy atom. The summed E-state index contributed by atoms with van der Waals surface area (Å²) in [5.41, 5.74) is 28.2. The van der Waals surface area contributed by atoms with Crippen LogP contribution >= 0.6 is 0 Å². The molecule has 8 nitrogen and oxygen atoms in total. The number of unbranched alkanes of at least 4 members (excludes halogenated alkanes) is 1. The molecule has 0 atom stereocenters. The van der Waals surface area contributed by atoms with Crippen LogP contribution in [0.4, 0.5) is 62.6 Å². The second-order valence-electron chi connectivity index (χ2n) is 32.1. The second kappa shape index (κ2) is 35.6. The van der Waals surface area contributed by atoms with Crippen LogP contribution in [0.5, 0.6) is 0 Å². The summed E-state index contributed by atoms with van der Waals surface area (Å²) >= 11 is 0. The topological polar surface area (TPSA) is 31.0 Å². The van der Waals surface area contributed by atoms with E-state index >= 15 is 0 Å². The number of fused-ring (bicyclic) bond motifs is 9. The van der Waals surface area contributed by atoms with E-state index in [2.05, 4.69) is 496 Å². The van der Waals surface area contributed by atoms with Gasteiger partial charge in [-0.25, -0.2) is 0 Å². The molecule has 0 aliphatic rings. The van der Waals surface area contributed by atoms with E-state index < -0.39 is 0 Å². The van der Waals surface area contributed by atoms with Gasteiger partial charge in [-0.1, -0.05) is 230 Å². The van der Waals surface area contributed by atoms with Gasteiger partial charge in [-0.15, -0.1) is 0 Å². The normalized spacial score (nSPS) is 11.3. The number of aryl methyl sites for hydroxylation is 1. The number of hydrogen-bond donors (Lipinski definition) is 0. The Morgan fingerprint density at radius 1 is 0.252 bits per heavy atom. The standard InChI is InChI=1S/2C29H28N2.C28H26N2.C25H22N2/c1-29(2,3)21-15-17-27-25(19-21)26-20-24(30(4)22-11-7-5-8-12-22)16-18-28(26)31(27)23-13-9-6-10-14-23;1-3-4-11-22-16-18-28-26(20-22)27-21-25(30(2)23-12-7-5-8-13-23)17-19-29(27)31(28)24-14-9-6-10-15-24;1-20(2)21-14-16-27-25(18-21)26-19-24(29(3)22-10-6-4-7-11-22)15-17-28(26)30(27)23-12-8-5-9-13-23;1-26(21-11-5-2-6-12-21)22-17-19-25(20-18-22)27(23-13-7-3-8-14-23)24-15-9-4-10-16-24/h5-20H,1-4H3;5-10,12-21H,3-4,11H2,1-2H3;4-20H,1-3H3;2-20H,1H3. The van der Waals surface area contributed by atoms with Gasteiger partial charge in [-0.2, -0.15) is 0 Å². The van der Waals surface area contributed by atoms with Crippen LogP contribution in [-0.2, 0) is 11.8 Å². The van der Waals surface area contributed by atoms with Gasteiger partial charge < -0.3 is 38.2 Å². The number of rotatable bonds is 18. The largest absolute Gasteiger partial charge is 0.345 e. The zero-order chi connectivity index (χ0) is 81.9. The lowest BCUT2D eigenvalue weighted by Crippen LogP contribution is -2.11. The predicted molar refractivity (Wildman–Crippen MR) is 513 cm³/mol. The summed E-state index contributed by atoms with van der Waals surface area (Å²) in [6, 6.07) is 145. The van der Waals surface area contributed by atoms with Gasteiger partial charge in [0.1, 0.15) is 0 Å². The lowest BCUT2D eigenvalue weighted by molar-refractivity contribution is 0.591. The number of aromatic nitrogens is 3. The molecule has 0 unspecified atom stereocenters. The summed E-state index contributed by atoms with van der Waals surface area (Å²) in [5, 5.41) is 7.81. The van der Waals surface area contributed by atoms with Gasteiger partial charge in [0.2, 0.25) is 0 Å². The molecule has 0 radical (unpaired) electrons. The molecule has 0 aliphatic carbocycles. The van der Waals surface area contributed by atoms with Crippen molar-refractivity contribution < 1.29 is 0 Å². The zero-order valence-corrected chi connectivity index (χ0v) is 70.0. The Balaban J connectivity index is 0.000000119. The van der Waals surface area contributed by atoms with E-state index in [1.54, 1.807) is 0 Å². The molecule has 588 valence electrons. The van der Waals surface area contributed by atoms with Gasteiger partial charge in [0.15, 0.2) is 0 Å². The van der Waals surface area contributed by atoms with Gasteiger partial charge >= 0.3 is 0 Å². The number of anilines is 11. The van der Waals surface area contributed by atoms with Crippen LogP contribution in [0.2, 0.25) is 0 Å². The summed E-state index contributed by atoms with van der Waals surface area (Å²) < 4.78 is 7.14. The van der Waals surface area contributed by atoms with Crippen molar-refractivity contribution in [3.63, 3.8) is 0 Å². The lowest BCUT2D eigenvalue weighted by Gasteiger charge is -2.26. The average Bonchev–Trinajstić information content (AvgIpc) is 1.60. The minimum absolute atomic E-state index is 0.105. The summed E-state index contributed by atoms with van der Waals surface area (Å²) in [6.07, 6.45) is 3.58. The van der Waals surface area contributed by atoms with Crippen LogP contribution in [0.25, 0.3) is 82.5 Å². The third-order valence-corrected chi connectivity index (χ3v) is 23.0. The van der Waals surface area contributed by atoms with Crippen molar-refractivity contribution in [2.45, 2.75) is 72.1 Å². The minimum Gasteiger partial charge on any atom is -0.345 e. The minimum atomic E-state index is 0.105. The molecule has 0 aliphatic heterocycles. The first-order chi connectivity index (χ1) is 58.1. The molecule has 0 spiro atoms. The highest BCUT2D eigenvalue weighted by molar-refractivity contribution is 6.13. The molecule has 119 heavy (non-hydrogen) atoms. The Labute approximate surface area is 702 Å². The average molecular weight is 1550 g/mol. The van der Waals surface area contributed by atoms with Gasteiger partial charge in [0, 0.05) is 140 Å². The van der Waals surface area contributed by atoms with Crippen molar-refractivity contribution in [1.29, 1.82) is 0 Å². The molecule has 0 bridgehead atoms. The molecule has 0 saturated carbocycles. The number of nitrogens with zero attached hydrogens (tertiary/aromatic N) is 8. The fraction of sp³-hybridized carbons (Fsp3) is 0.135. The summed E-state index contributed by atoms with van der Waals surface area (Å²) in [6.45, 7) is 13.6. The van der Waals surface area contributed by atoms with Crippen molar-refractivity contribution in [2.24, 2.45) is 0 Å². The van der Waals surface area contributed by atoms with Crippen LogP contribution in [0.3, 0.4) is 0 Å². The maximum Gasteiger partial charge on any atom is 0.0542 e. The first-order valence-corrected chi connectivity index (χ1v) is 41.7. The SMILES string of the molecule is CC(C)c1ccc2c(c1)c1cc(N(C)c3ccccc3)ccc1n2-c1ccccc1.CCCCc1ccc2c(c1)c1cc(N(C)c3ccccc3)ccc1n2-c1ccccc1.CN(c1ccccc1)c1ccc(N(c2ccccc2)c2ccccc2)cc1.CN(c1ccccc1)c1ccc2c(c1)c1cc(C(C)(C)C)ccc1n2-c1ccccc1. The third kappa shape index (κ3) is 17.0. The third-order valence-electron chi connectivity index (χ3n) is 23.0. The van der Waals surface area contributed by atoms with Gasteiger partial charge in [-0.05, 0) is 265 Å². The molecule has 19 rings (SSSR count). The Kier molecular flexibility index (Phi) is 23.6. The summed E-state index contributed by atoms with van der Waals surface area (Å²) in [4.78, 5) is 11.2. The monoisotopic (exact) mass is 1550 g/mol. The number of hydrogen-bond acceptors (Lipinski definition) is 5. The van der Waals surface area contributed by atoms with Crippen LogP contribution in [0, 0.1) is 0 Å². The second-order valence-corrected chi connectivity index (χ2v) is 32.1. The van der Waals surface area contributed by atoms with Crippen LogP contribution in [0.15, 0.2) is 406 Å². The van der Waals surface area contributed by atoms with Gasteiger partial charge in [0.25, 0.3) is 0 Å². The molecule has 3 heterocycles. The highest BCUT2D eigenvalue weighted by Gasteiger charge is 2.22. The molecule has 19 aromatic rings. The summed E-state index contributed by atoms with van der Waals surface area (Å²) in [7, 11) is 8.50. The first kappa shape index (κ1) is 78.8. The van der Waals surface area contributed by atoms with Crippen molar-refractivity contribution in [1.82, 2.24) is 13.7 Å². The van der Waals surface area contributed by atoms with Gasteiger partial charge in [-0.3, -0.25) is 0 Å². The van der Waals surface area contributed by atoms with E-state index in [4.69, 9.17) is 0 Å². The van der Waals surface area contributed by atoms with E-state index in [0.717, 1.165) is 29.2 Å². The van der Waals surface area contributed by atoms with E-state index in [9.17, 15) is 0 Å². The van der Waals surface area contributed by atoms with Crippen molar-refractivity contribution in [2.75, 3.05) is 52.7 Å². The Morgan fingerprint density at radius 3 is 0.840 bits per heavy atom. The number of para-hydroxylation sites is 9. The molecule has 3 aromatic heterocycles. The molecule has 0 saturated heterocycles. The van der Waals surface area contributed by atoms with Crippen molar-refractivity contribution in [3.8, 4) is 17.1 Å². The van der Waals surface area contributed by atoms with Gasteiger partial charge in [0.05, 0.1) is 33.1 Å². The van der Waals surface area contributed by atoms with E-state index in [0.29, 0.717) is 5.92 Å². The first-order valence-electron chi connectivity index (χ1n) is 41.7. The van der Waals surface area contributed by atoms with Crippen molar-refractivity contribution in [3.05, 3.63) is 423 Å². The van der Waals surface area contributed by atoms with E-state index in [1.807, 2.05) is 18.2 Å². The highest BCUT2D eigenvalue weighted by atomic mass is 15.2. The predicted octanol–water partition coefficient (Wildman–Crippen LogP) is 30.3. The molecular formula is C111H104N8. The molecule has 0 amide bonds. The van der Waals surface area contributed by atoms with Crippen molar-refractivity contribution >= 4 is 128 Å². The maximum absolute atomic E-state index is 2.40. The Bertz CT molecular complexity index is 6520. The molecule has 8 heteroatoms. The fourth-order valence-electron chi connectivity index (χ4n) is 16.3. The van der Waals surface area contributed by atoms with Crippen LogP contribution in [0.1, 0.15) is 77.0 Å².